The van der Waals surface area contributed by atoms with Gasteiger partial charge in [-0.1, -0.05) is 36.4 Å². The second-order valence-corrected chi connectivity index (χ2v) is 10.3. The van der Waals surface area contributed by atoms with Crippen molar-refractivity contribution >= 4 is 29.4 Å². The highest BCUT2D eigenvalue weighted by molar-refractivity contribution is 6.20. The predicted octanol–water partition coefficient (Wildman–Crippen LogP) is 4.55. The summed E-state index contributed by atoms with van der Waals surface area (Å²) in [6, 6.07) is 9.22. The number of amides is 1. The van der Waals surface area contributed by atoms with E-state index in [-0.39, 0.29) is 36.6 Å². The van der Waals surface area contributed by atoms with Gasteiger partial charge in [-0.2, -0.15) is 0 Å². The molecule has 0 spiro atoms. The second kappa shape index (κ2) is 12.1. The number of esters is 3. The van der Waals surface area contributed by atoms with Gasteiger partial charge in [0.1, 0.15) is 23.5 Å². The molecule has 1 aliphatic heterocycles. The van der Waals surface area contributed by atoms with E-state index in [9.17, 15) is 19.2 Å². The average Bonchev–Trinajstić information content (AvgIpc) is 3.36. The first-order valence-corrected chi connectivity index (χ1v) is 12.8. The number of nitrogens with one attached hydrogen (secondary N) is 2. The monoisotopic (exact) mass is 537 g/mol. The van der Waals surface area contributed by atoms with E-state index in [0.717, 1.165) is 5.56 Å². The quantitative estimate of drug-likeness (QED) is 0.219. The van der Waals surface area contributed by atoms with Crippen molar-refractivity contribution in [1.82, 2.24) is 10.3 Å². The lowest BCUT2D eigenvalue weighted by atomic mass is 10.0. The molecular weight excluding hydrogens is 501 g/mol. The standard InChI is InChI=1S/C30H36N2O7/c1-8-20-18(3)27(34)32-25(20)23(28(35)38-16-19-12-10-9-11-13-19)24-17(2)21(14-15-22(33)37-7)26(31-24)29(36)39-30(4,5)6/h8-13,18,31H,14-16H2,1-7H3,(H,32,34)/b20-8+,25-23-/i23+1. The summed E-state index contributed by atoms with van der Waals surface area (Å²) in [5.41, 5.74) is 2.54. The van der Waals surface area contributed by atoms with E-state index < -0.39 is 29.4 Å². The van der Waals surface area contributed by atoms with Crippen molar-refractivity contribution in [1.29, 1.82) is 0 Å². The summed E-state index contributed by atoms with van der Waals surface area (Å²) in [4.78, 5) is 54.6. The van der Waals surface area contributed by atoms with Crippen LogP contribution >= 0.6 is 0 Å². The van der Waals surface area contributed by atoms with Crippen LogP contribution in [0.15, 0.2) is 47.7 Å². The van der Waals surface area contributed by atoms with Gasteiger partial charge in [0, 0.05) is 6.42 Å². The van der Waals surface area contributed by atoms with Crippen LogP contribution in [0.25, 0.3) is 5.57 Å². The lowest BCUT2D eigenvalue weighted by Crippen LogP contribution is -2.25. The van der Waals surface area contributed by atoms with Crippen molar-refractivity contribution in [2.75, 3.05) is 7.11 Å². The number of hydrogen-bond donors (Lipinski definition) is 2. The van der Waals surface area contributed by atoms with Crippen molar-refractivity contribution < 1.29 is 33.4 Å². The number of hydrogen-bond acceptors (Lipinski definition) is 7. The minimum Gasteiger partial charge on any atom is -0.469 e. The zero-order valence-electron chi connectivity index (χ0n) is 23.5. The van der Waals surface area contributed by atoms with E-state index in [1.807, 2.05) is 30.3 Å². The molecule has 9 nitrogen and oxygen atoms in total. The normalized spacial score (nSPS) is 17.6. The molecule has 39 heavy (non-hydrogen) atoms. The molecule has 1 saturated heterocycles. The van der Waals surface area contributed by atoms with Crippen molar-refractivity contribution in [2.24, 2.45) is 5.92 Å². The Hall–Kier alpha value is -4.14. The van der Waals surface area contributed by atoms with Crippen molar-refractivity contribution in [3.8, 4) is 0 Å². The number of aromatic amines is 1. The Morgan fingerprint density at radius 1 is 1.08 bits per heavy atom. The van der Waals surface area contributed by atoms with Crippen LogP contribution in [0.5, 0.6) is 0 Å². The first kappa shape index (κ1) is 29.4. The number of rotatable bonds is 8. The van der Waals surface area contributed by atoms with Gasteiger partial charge in [-0.25, -0.2) is 9.59 Å². The predicted molar refractivity (Wildman–Crippen MR) is 145 cm³/mol. The van der Waals surface area contributed by atoms with E-state index >= 15 is 0 Å². The van der Waals surface area contributed by atoms with Crippen molar-refractivity contribution in [3.63, 3.8) is 0 Å². The Morgan fingerprint density at radius 2 is 1.74 bits per heavy atom. The molecule has 1 atom stereocenters. The van der Waals surface area contributed by atoms with Gasteiger partial charge in [-0.05, 0) is 70.2 Å². The smallest absolute Gasteiger partial charge is 0.355 e. The van der Waals surface area contributed by atoms with Gasteiger partial charge in [0.15, 0.2) is 0 Å². The molecule has 3 rings (SSSR count). The first-order valence-electron chi connectivity index (χ1n) is 12.8. The van der Waals surface area contributed by atoms with Crippen LogP contribution in [0.2, 0.25) is 0 Å². The summed E-state index contributed by atoms with van der Waals surface area (Å²) in [5.74, 6) is -2.49. The lowest BCUT2D eigenvalue weighted by molar-refractivity contribution is -0.140. The van der Waals surface area contributed by atoms with Crippen LogP contribution in [-0.2, 0) is 41.6 Å². The molecule has 2 N–H and O–H groups in total. The lowest BCUT2D eigenvalue weighted by Gasteiger charge is -2.19. The zero-order valence-corrected chi connectivity index (χ0v) is 23.5. The highest BCUT2D eigenvalue weighted by Gasteiger charge is 2.36. The maximum absolute atomic E-state index is 13.7. The van der Waals surface area contributed by atoms with E-state index in [2.05, 4.69) is 10.3 Å². The fourth-order valence-corrected chi connectivity index (χ4v) is 4.41. The highest BCUT2D eigenvalue weighted by Crippen LogP contribution is 2.36. The van der Waals surface area contributed by atoms with Gasteiger partial charge in [0.2, 0.25) is 5.91 Å². The fraction of sp³-hybridized carbons (Fsp3) is 0.400. The summed E-state index contributed by atoms with van der Waals surface area (Å²) in [6.07, 6.45) is 1.96. The number of methoxy groups -OCH3 is 1. The third-order valence-corrected chi connectivity index (χ3v) is 6.41. The number of benzene rings is 1. The van der Waals surface area contributed by atoms with Crippen LogP contribution in [0.1, 0.15) is 73.9 Å². The Bertz CT molecular complexity index is 1330. The van der Waals surface area contributed by atoms with Gasteiger partial charge in [0.05, 0.1) is 24.4 Å². The summed E-state index contributed by atoms with van der Waals surface area (Å²) in [6.45, 7) is 10.5. The molecule has 208 valence electrons. The maximum atomic E-state index is 13.7. The topological polar surface area (TPSA) is 124 Å². The largest absolute Gasteiger partial charge is 0.469 e. The van der Waals surface area contributed by atoms with Gasteiger partial charge < -0.3 is 24.5 Å². The van der Waals surface area contributed by atoms with E-state index in [4.69, 9.17) is 14.2 Å². The molecule has 0 aliphatic carbocycles. The summed E-state index contributed by atoms with van der Waals surface area (Å²) in [5, 5.41) is 2.83. The average molecular weight is 538 g/mol. The fourth-order valence-electron chi connectivity index (χ4n) is 4.41. The van der Waals surface area contributed by atoms with Gasteiger partial charge >= 0.3 is 17.9 Å². The SMILES string of the molecule is C/C=C1/C(=[13C](/C(=O)OCc2ccccc2)c2[nH]c(C(=O)OC(C)(C)C)c(CCC(=O)OC)c2C)NC(=O)C1C. The van der Waals surface area contributed by atoms with Crippen LogP contribution in [0, 0.1) is 12.8 Å². The molecule has 0 bridgehead atoms. The maximum Gasteiger partial charge on any atom is 0.355 e. The van der Waals surface area contributed by atoms with Crippen LogP contribution in [-0.4, -0.2) is 41.5 Å². The molecule has 1 fully saturated rings. The van der Waals surface area contributed by atoms with E-state index in [0.29, 0.717) is 28.1 Å². The Labute approximate surface area is 228 Å². The van der Waals surface area contributed by atoms with Gasteiger partial charge in [-0.15, -0.1) is 0 Å². The molecule has 1 aliphatic rings. The van der Waals surface area contributed by atoms with Gasteiger partial charge in [0.25, 0.3) is 0 Å². The first-order chi connectivity index (χ1) is 18.4. The minimum absolute atomic E-state index is 0.0129. The number of ether oxygens (including phenoxy) is 3. The Balaban J connectivity index is 2.18. The minimum atomic E-state index is -0.779. The number of allylic oxidation sites excluding steroid dienone is 2. The van der Waals surface area contributed by atoms with Crippen LogP contribution < -0.4 is 5.32 Å². The number of aromatic nitrogens is 1. The third kappa shape index (κ3) is 6.85. The van der Waals surface area contributed by atoms with Crippen molar-refractivity contribution in [2.45, 2.75) is 66.6 Å². The zero-order chi connectivity index (χ0) is 28.9. The molecule has 0 radical (unpaired) electrons. The Morgan fingerprint density at radius 3 is 2.33 bits per heavy atom. The molecule has 1 unspecified atom stereocenters. The molecule has 0 saturated carbocycles. The van der Waals surface area contributed by atoms with Crippen LogP contribution in [0.4, 0.5) is 0 Å². The number of H-pyrrole nitrogens is 1. The number of carbonyl (C=O) groups is 4. The molecule has 1 aromatic heterocycles. The van der Waals surface area contributed by atoms with E-state index in [1.165, 1.54) is 7.11 Å². The summed E-state index contributed by atoms with van der Waals surface area (Å²) < 4.78 is 16.1. The molecule has 1 amide bonds. The molecular formula is C30H36N2O7. The molecule has 1 aromatic carbocycles. The van der Waals surface area contributed by atoms with E-state index in [1.54, 1.807) is 47.6 Å². The summed E-state index contributed by atoms with van der Waals surface area (Å²) >= 11 is 0. The van der Waals surface area contributed by atoms with Crippen LogP contribution in [0.3, 0.4) is 0 Å². The number of carbonyl (C=O) groups excluding carboxylic acids is 4. The second-order valence-electron chi connectivity index (χ2n) is 10.3. The Kier molecular flexibility index (Phi) is 9.16. The molecule has 9 heteroatoms. The highest BCUT2D eigenvalue weighted by atomic mass is 16.6. The molecule has 2 aromatic rings. The van der Waals surface area contributed by atoms with Gasteiger partial charge in [-0.3, -0.25) is 9.59 Å². The summed E-state index contributed by atoms with van der Waals surface area (Å²) in [7, 11) is 1.29. The third-order valence-electron chi connectivity index (χ3n) is 6.41. The van der Waals surface area contributed by atoms with Crippen molar-refractivity contribution in [3.05, 3.63) is 75.8 Å². The molecule has 2 heterocycles.